The molecule has 1 aromatic heterocycles. The topological polar surface area (TPSA) is 83.3 Å². The highest BCUT2D eigenvalue weighted by molar-refractivity contribution is 6.33. The van der Waals surface area contributed by atoms with Gasteiger partial charge in [-0.1, -0.05) is 11.6 Å². The molecule has 6 nitrogen and oxygen atoms in total. The molecule has 1 amide bonds. The zero-order valence-corrected chi connectivity index (χ0v) is 9.17. The van der Waals surface area contributed by atoms with Crippen molar-refractivity contribution in [2.24, 2.45) is 5.84 Å². The average molecular weight is 230 g/mol. The number of hydrazine groups is 2. The number of nitrogens with zero attached hydrogens (tertiary/aromatic N) is 2. The summed E-state index contributed by atoms with van der Waals surface area (Å²) in [6, 6.07) is 1.49. The molecular weight excluding hydrogens is 218 g/mol. The second-order valence-corrected chi connectivity index (χ2v) is 3.44. The Morgan fingerprint density at radius 3 is 2.73 bits per heavy atom. The Hall–Kier alpha value is -1.37. The van der Waals surface area contributed by atoms with Gasteiger partial charge >= 0.3 is 0 Å². The summed E-state index contributed by atoms with van der Waals surface area (Å²) in [5.74, 6) is 5.20. The predicted molar refractivity (Wildman–Crippen MR) is 58.2 cm³/mol. The number of nitrogens with one attached hydrogen (secondary N) is 2. The second-order valence-electron chi connectivity index (χ2n) is 3.03. The van der Waals surface area contributed by atoms with Gasteiger partial charge in [0.15, 0.2) is 5.82 Å². The maximum Gasteiger partial charge on any atom is 0.267 e. The Morgan fingerprint density at radius 1 is 1.60 bits per heavy atom. The zero-order valence-electron chi connectivity index (χ0n) is 8.41. The first kappa shape index (κ1) is 11.7. The van der Waals surface area contributed by atoms with Gasteiger partial charge in [0.1, 0.15) is 0 Å². The number of carbonyl (C=O) groups is 1. The minimum Gasteiger partial charge on any atom is -0.307 e. The number of amides is 1. The molecule has 4 N–H and O–H groups in total. The first-order valence-corrected chi connectivity index (χ1v) is 4.53. The largest absolute Gasteiger partial charge is 0.307 e. The Balaban J connectivity index is 2.87. The fourth-order valence-electron chi connectivity index (χ4n) is 0.936. The molecule has 7 heteroatoms. The van der Waals surface area contributed by atoms with Gasteiger partial charge in [-0.05, 0) is 6.07 Å². The van der Waals surface area contributed by atoms with Crippen LogP contribution in [-0.4, -0.2) is 30.0 Å². The molecule has 1 heterocycles. The third-order valence-corrected chi connectivity index (χ3v) is 1.85. The molecule has 0 aliphatic carbocycles. The first-order valence-electron chi connectivity index (χ1n) is 4.15. The molecule has 0 aliphatic rings. The molecule has 0 aliphatic heterocycles. The van der Waals surface area contributed by atoms with Crippen LogP contribution in [0.4, 0.5) is 5.82 Å². The Morgan fingerprint density at radius 2 is 2.27 bits per heavy atom. The molecule has 0 radical (unpaired) electrons. The third kappa shape index (κ3) is 3.05. The van der Waals surface area contributed by atoms with Gasteiger partial charge in [-0.2, -0.15) is 0 Å². The van der Waals surface area contributed by atoms with Crippen molar-refractivity contribution in [2.75, 3.05) is 19.5 Å². The quantitative estimate of drug-likeness (QED) is 0.511. The van der Waals surface area contributed by atoms with Crippen LogP contribution in [0.5, 0.6) is 0 Å². The van der Waals surface area contributed by atoms with Crippen molar-refractivity contribution < 1.29 is 4.79 Å². The van der Waals surface area contributed by atoms with Crippen LogP contribution in [0, 0.1) is 0 Å². The van der Waals surface area contributed by atoms with Crippen LogP contribution in [0.15, 0.2) is 12.3 Å². The predicted octanol–water partition coefficient (Wildman–Crippen LogP) is 0.227. The summed E-state index contributed by atoms with van der Waals surface area (Å²) in [6.07, 6.45) is 1.39. The summed E-state index contributed by atoms with van der Waals surface area (Å²) >= 11 is 5.81. The fourth-order valence-corrected chi connectivity index (χ4v) is 1.16. The summed E-state index contributed by atoms with van der Waals surface area (Å²) in [7, 11) is 3.42. The van der Waals surface area contributed by atoms with E-state index in [9.17, 15) is 4.79 Å². The lowest BCUT2D eigenvalue weighted by atomic mass is 10.2. The summed E-state index contributed by atoms with van der Waals surface area (Å²) in [4.78, 5) is 15.4. The lowest BCUT2D eigenvalue weighted by Crippen LogP contribution is -2.36. The Labute approximate surface area is 92.4 Å². The highest BCUT2D eigenvalue weighted by Gasteiger charge is 2.09. The number of anilines is 1. The normalized spacial score (nSPS) is 10.2. The minimum atomic E-state index is -0.280. The fraction of sp³-hybridized carbons (Fsp3) is 0.250. The molecule has 82 valence electrons. The van der Waals surface area contributed by atoms with Crippen LogP contribution >= 0.6 is 11.6 Å². The van der Waals surface area contributed by atoms with E-state index in [2.05, 4.69) is 15.8 Å². The molecule has 0 bridgehead atoms. The van der Waals surface area contributed by atoms with Crippen LogP contribution in [0.1, 0.15) is 10.4 Å². The van der Waals surface area contributed by atoms with Crippen LogP contribution in [-0.2, 0) is 0 Å². The second kappa shape index (κ2) is 4.92. The Bertz CT molecular complexity index is 368. The monoisotopic (exact) mass is 229 g/mol. The van der Waals surface area contributed by atoms with Crippen LogP contribution in [0.25, 0.3) is 0 Å². The summed E-state index contributed by atoms with van der Waals surface area (Å²) in [6.45, 7) is 0. The van der Waals surface area contributed by atoms with E-state index in [0.717, 1.165) is 0 Å². The lowest BCUT2D eigenvalue weighted by molar-refractivity contribution is 0.0856. The van der Waals surface area contributed by atoms with Crippen molar-refractivity contribution >= 4 is 23.3 Å². The maximum absolute atomic E-state index is 11.5. The van der Waals surface area contributed by atoms with Gasteiger partial charge in [-0.3, -0.25) is 10.2 Å². The van der Waals surface area contributed by atoms with Gasteiger partial charge in [-0.25, -0.2) is 15.8 Å². The molecule has 0 atom stereocenters. The van der Waals surface area contributed by atoms with Gasteiger partial charge in [0.05, 0.1) is 10.6 Å². The van der Waals surface area contributed by atoms with Crippen molar-refractivity contribution in [3.05, 3.63) is 22.8 Å². The number of rotatable bonds is 3. The molecule has 0 saturated heterocycles. The molecule has 0 fully saturated rings. The number of pyridine rings is 1. The highest BCUT2D eigenvalue weighted by atomic mass is 35.5. The number of hydrogen-bond donors (Lipinski definition) is 3. The lowest BCUT2D eigenvalue weighted by Gasteiger charge is -2.12. The number of nitrogens with two attached hydrogens (primary N) is 1. The Kier molecular flexibility index (Phi) is 3.84. The summed E-state index contributed by atoms with van der Waals surface area (Å²) in [5.41, 5.74) is 5.25. The van der Waals surface area contributed by atoms with Gasteiger partial charge in [0.2, 0.25) is 0 Å². The number of nitrogen functional groups attached to an aromatic ring is 1. The molecule has 1 rings (SSSR count). The van der Waals surface area contributed by atoms with E-state index in [1.807, 2.05) is 0 Å². The maximum atomic E-state index is 11.5. The molecular formula is C8H12ClN5O. The molecule has 1 aromatic rings. The van der Waals surface area contributed by atoms with Crippen LogP contribution in [0.3, 0.4) is 0 Å². The van der Waals surface area contributed by atoms with E-state index in [1.165, 1.54) is 17.3 Å². The first-order chi connectivity index (χ1) is 7.04. The van der Waals surface area contributed by atoms with Gasteiger partial charge in [0, 0.05) is 20.3 Å². The molecule has 0 saturated carbocycles. The summed E-state index contributed by atoms with van der Waals surface area (Å²) < 4.78 is 0. The van der Waals surface area contributed by atoms with E-state index >= 15 is 0 Å². The third-order valence-electron chi connectivity index (χ3n) is 1.57. The number of hydrogen-bond acceptors (Lipinski definition) is 5. The SMILES string of the molecule is CN(C)NC(=O)c1cnc(NN)c(Cl)c1. The number of halogens is 1. The zero-order chi connectivity index (χ0) is 11.4. The van der Waals surface area contributed by atoms with Crippen LogP contribution < -0.4 is 16.7 Å². The van der Waals surface area contributed by atoms with Gasteiger partial charge < -0.3 is 5.43 Å². The summed E-state index contributed by atoms with van der Waals surface area (Å²) in [5, 5.41) is 1.83. The smallest absolute Gasteiger partial charge is 0.267 e. The molecule has 15 heavy (non-hydrogen) atoms. The molecule has 0 spiro atoms. The van der Waals surface area contributed by atoms with E-state index in [1.54, 1.807) is 14.1 Å². The minimum absolute atomic E-state index is 0.280. The number of aromatic nitrogens is 1. The van der Waals surface area contributed by atoms with E-state index in [4.69, 9.17) is 17.4 Å². The molecule has 0 aromatic carbocycles. The van der Waals surface area contributed by atoms with Crippen LogP contribution in [0.2, 0.25) is 5.02 Å². The van der Waals surface area contributed by atoms with Crippen molar-refractivity contribution in [1.82, 2.24) is 15.4 Å². The van der Waals surface area contributed by atoms with Crippen molar-refractivity contribution in [3.8, 4) is 0 Å². The highest BCUT2D eigenvalue weighted by Crippen LogP contribution is 2.18. The molecule has 0 unspecified atom stereocenters. The van der Waals surface area contributed by atoms with E-state index in [0.29, 0.717) is 16.4 Å². The van der Waals surface area contributed by atoms with Crippen molar-refractivity contribution in [2.45, 2.75) is 0 Å². The average Bonchev–Trinajstić information content (AvgIpc) is 2.16. The number of carbonyl (C=O) groups excluding carboxylic acids is 1. The standard InChI is InChI=1S/C8H12ClN5O/c1-14(2)13-8(15)5-3-6(9)7(12-10)11-4-5/h3-4H,10H2,1-2H3,(H,11,12)(H,13,15). The van der Waals surface area contributed by atoms with Gasteiger partial charge in [0.25, 0.3) is 5.91 Å². The van der Waals surface area contributed by atoms with Crippen molar-refractivity contribution in [3.63, 3.8) is 0 Å². The van der Waals surface area contributed by atoms with E-state index < -0.39 is 0 Å². The van der Waals surface area contributed by atoms with Gasteiger partial charge in [-0.15, -0.1) is 0 Å². The van der Waals surface area contributed by atoms with Crippen molar-refractivity contribution in [1.29, 1.82) is 0 Å². The van der Waals surface area contributed by atoms with E-state index in [-0.39, 0.29) is 5.91 Å².